The third kappa shape index (κ3) is 2.35. The van der Waals surface area contributed by atoms with Gasteiger partial charge in [-0.3, -0.25) is 0 Å². The highest BCUT2D eigenvalue weighted by molar-refractivity contribution is 9.11. The lowest BCUT2D eigenvalue weighted by molar-refractivity contribution is -0.0817. The molecule has 0 amide bonds. The predicted molar refractivity (Wildman–Crippen MR) is 71.9 cm³/mol. The van der Waals surface area contributed by atoms with Gasteiger partial charge in [-0.2, -0.15) is 0 Å². The fourth-order valence-corrected chi connectivity index (χ4v) is 4.18. The molecule has 0 saturated heterocycles. The average molecular weight is 304 g/mol. The van der Waals surface area contributed by atoms with Crippen LogP contribution >= 0.6 is 27.3 Å². The van der Waals surface area contributed by atoms with Crippen LogP contribution in [0.4, 0.5) is 0 Å². The number of hydrogen-bond donors (Lipinski definition) is 1. The van der Waals surface area contributed by atoms with E-state index in [1.54, 1.807) is 11.3 Å². The molecule has 1 unspecified atom stereocenters. The molecule has 1 aliphatic rings. The molecule has 1 aromatic heterocycles. The number of halogens is 1. The fourth-order valence-electron chi connectivity index (χ4n) is 2.40. The summed E-state index contributed by atoms with van der Waals surface area (Å²) in [5.41, 5.74) is 7.61. The van der Waals surface area contributed by atoms with Gasteiger partial charge in [0.15, 0.2) is 0 Å². The summed E-state index contributed by atoms with van der Waals surface area (Å²) in [6.45, 7) is 2.13. The lowest BCUT2D eigenvalue weighted by Gasteiger charge is -2.42. The molecular weight excluding hydrogens is 286 g/mol. The number of ether oxygens (including phenoxy) is 1. The largest absolute Gasteiger partial charge is 0.378 e. The van der Waals surface area contributed by atoms with E-state index in [9.17, 15) is 0 Å². The summed E-state index contributed by atoms with van der Waals surface area (Å²) in [6.07, 6.45) is 4.52. The van der Waals surface area contributed by atoms with Crippen LogP contribution in [0.2, 0.25) is 0 Å². The van der Waals surface area contributed by atoms with Crippen LogP contribution in [0.1, 0.15) is 42.2 Å². The van der Waals surface area contributed by atoms with Crippen molar-refractivity contribution >= 4 is 27.3 Å². The number of aryl methyl sites for hydroxylation is 1. The first-order valence-corrected chi connectivity index (χ1v) is 7.24. The van der Waals surface area contributed by atoms with Crippen LogP contribution in [0.5, 0.6) is 0 Å². The van der Waals surface area contributed by atoms with Crippen molar-refractivity contribution in [3.8, 4) is 0 Å². The van der Waals surface area contributed by atoms with Gasteiger partial charge in [0.1, 0.15) is 0 Å². The normalized spacial score (nSPS) is 20.5. The highest BCUT2D eigenvalue weighted by Crippen LogP contribution is 2.42. The molecule has 1 heterocycles. The SMILES string of the molecule is COC1(CC(N)c2cc(Br)sc2C)CCC1. The Kier molecular flexibility index (Phi) is 3.74. The Bertz CT molecular complexity index is 368. The zero-order valence-corrected chi connectivity index (χ0v) is 12.2. The molecule has 16 heavy (non-hydrogen) atoms. The number of rotatable bonds is 4. The van der Waals surface area contributed by atoms with Crippen molar-refractivity contribution in [2.24, 2.45) is 5.73 Å². The summed E-state index contributed by atoms with van der Waals surface area (Å²) in [5, 5.41) is 0. The molecular formula is C12H18BrNOS. The van der Waals surface area contributed by atoms with E-state index in [0.29, 0.717) is 0 Å². The third-order valence-electron chi connectivity index (χ3n) is 3.62. The fraction of sp³-hybridized carbons (Fsp3) is 0.667. The molecule has 90 valence electrons. The van der Waals surface area contributed by atoms with Gasteiger partial charge in [-0.15, -0.1) is 11.3 Å². The predicted octanol–water partition coefficient (Wildman–Crippen LogP) is 3.78. The lowest BCUT2D eigenvalue weighted by Crippen LogP contribution is -2.41. The molecule has 1 aliphatic carbocycles. The second kappa shape index (κ2) is 4.77. The smallest absolute Gasteiger partial charge is 0.0704 e. The van der Waals surface area contributed by atoms with Crippen LogP contribution in [0.15, 0.2) is 9.85 Å². The zero-order valence-electron chi connectivity index (χ0n) is 9.75. The first-order valence-electron chi connectivity index (χ1n) is 5.63. The van der Waals surface area contributed by atoms with Gasteiger partial charge in [-0.1, -0.05) is 0 Å². The minimum absolute atomic E-state index is 0.0558. The molecule has 1 fully saturated rings. The standard InChI is InChI=1S/C12H18BrNOS/c1-8-9(6-11(13)16-8)10(14)7-12(15-2)4-3-5-12/h6,10H,3-5,7,14H2,1-2H3. The number of nitrogens with two attached hydrogens (primary N) is 1. The highest BCUT2D eigenvalue weighted by atomic mass is 79.9. The van der Waals surface area contributed by atoms with E-state index < -0.39 is 0 Å². The molecule has 0 aromatic carbocycles. The maximum absolute atomic E-state index is 6.29. The molecule has 0 aliphatic heterocycles. The van der Waals surface area contributed by atoms with Crippen molar-refractivity contribution in [2.45, 2.75) is 44.2 Å². The van der Waals surface area contributed by atoms with Crippen LogP contribution in [0, 0.1) is 6.92 Å². The van der Waals surface area contributed by atoms with Gasteiger partial charge in [0.2, 0.25) is 0 Å². The van der Waals surface area contributed by atoms with E-state index in [2.05, 4.69) is 28.9 Å². The first-order chi connectivity index (χ1) is 7.56. The molecule has 2 rings (SSSR count). The summed E-state index contributed by atoms with van der Waals surface area (Å²) in [6, 6.07) is 2.25. The average Bonchev–Trinajstić information content (AvgIpc) is 2.51. The molecule has 0 radical (unpaired) electrons. The summed E-state index contributed by atoms with van der Waals surface area (Å²) in [7, 11) is 1.81. The topological polar surface area (TPSA) is 35.2 Å². The summed E-state index contributed by atoms with van der Waals surface area (Å²) < 4.78 is 6.79. The van der Waals surface area contributed by atoms with Gasteiger partial charge in [0, 0.05) is 18.0 Å². The molecule has 0 spiro atoms. The second-order valence-corrected chi connectivity index (χ2v) is 7.25. The Morgan fingerprint density at radius 2 is 2.31 bits per heavy atom. The monoisotopic (exact) mass is 303 g/mol. The Balaban J connectivity index is 2.07. The van der Waals surface area contributed by atoms with Crippen LogP contribution in [0.3, 0.4) is 0 Å². The van der Waals surface area contributed by atoms with Gasteiger partial charge in [0.05, 0.1) is 9.39 Å². The van der Waals surface area contributed by atoms with Crippen molar-refractivity contribution in [1.29, 1.82) is 0 Å². The molecule has 1 atom stereocenters. The van der Waals surface area contributed by atoms with Gasteiger partial charge >= 0.3 is 0 Å². The van der Waals surface area contributed by atoms with Gasteiger partial charge in [-0.05, 0) is 60.2 Å². The molecule has 1 aromatic rings. The van der Waals surface area contributed by atoms with Crippen molar-refractivity contribution in [2.75, 3.05) is 7.11 Å². The van der Waals surface area contributed by atoms with Gasteiger partial charge in [-0.25, -0.2) is 0 Å². The molecule has 0 bridgehead atoms. The second-order valence-electron chi connectivity index (χ2n) is 4.61. The van der Waals surface area contributed by atoms with Crippen molar-refractivity contribution in [1.82, 2.24) is 0 Å². The van der Waals surface area contributed by atoms with E-state index in [1.807, 2.05) is 7.11 Å². The van der Waals surface area contributed by atoms with Gasteiger partial charge in [0.25, 0.3) is 0 Å². The highest BCUT2D eigenvalue weighted by Gasteiger charge is 2.38. The summed E-state index contributed by atoms with van der Waals surface area (Å²) >= 11 is 5.26. The molecule has 2 N–H and O–H groups in total. The maximum atomic E-state index is 6.29. The number of thiophene rings is 1. The Morgan fingerprint density at radius 3 is 2.69 bits per heavy atom. The van der Waals surface area contributed by atoms with Crippen LogP contribution in [-0.2, 0) is 4.74 Å². The van der Waals surface area contributed by atoms with Crippen molar-refractivity contribution in [3.05, 3.63) is 20.3 Å². The van der Waals surface area contributed by atoms with Crippen LogP contribution in [-0.4, -0.2) is 12.7 Å². The molecule has 4 heteroatoms. The van der Waals surface area contributed by atoms with Crippen LogP contribution < -0.4 is 5.73 Å². The van der Waals surface area contributed by atoms with E-state index in [-0.39, 0.29) is 11.6 Å². The maximum Gasteiger partial charge on any atom is 0.0704 e. The zero-order chi connectivity index (χ0) is 11.8. The minimum atomic E-state index is 0.0558. The summed E-state index contributed by atoms with van der Waals surface area (Å²) in [5.74, 6) is 0. The van der Waals surface area contributed by atoms with E-state index in [1.165, 1.54) is 16.9 Å². The minimum Gasteiger partial charge on any atom is -0.378 e. The van der Waals surface area contributed by atoms with Crippen molar-refractivity contribution < 1.29 is 4.74 Å². The third-order valence-corrected chi connectivity index (χ3v) is 5.18. The Hall–Kier alpha value is 0.1000. The quantitative estimate of drug-likeness (QED) is 0.919. The van der Waals surface area contributed by atoms with Crippen LogP contribution in [0.25, 0.3) is 0 Å². The summed E-state index contributed by atoms with van der Waals surface area (Å²) in [4.78, 5) is 1.31. The molecule has 1 saturated carbocycles. The van der Waals surface area contributed by atoms with E-state index in [4.69, 9.17) is 10.5 Å². The van der Waals surface area contributed by atoms with E-state index >= 15 is 0 Å². The number of hydrogen-bond acceptors (Lipinski definition) is 3. The number of methoxy groups -OCH3 is 1. The molecule has 2 nitrogen and oxygen atoms in total. The first kappa shape index (κ1) is 12.6. The van der Waals surface area contributed by atoms with Crippen molar-refractivity contribution in [3.63, 3.8) is 0 Å². The Labute approximate surface area is 109 Å². The van der Waals surface area contributed by atoms with E-state index in [0.717, 1.165) is 23.0 Å². The van der Waals surface area contributed by atoms with Gasteiger partial charge < -0.3 is 10.5 Å². The lowest BCUT2D eigenvalue weighted by atomic mass is 9.75. The Morgan fingerprint density at radius 1 is 1.62 bits per heavy atom.